The Bertz CT molecular complexity index is 1410. The van der Waals surface area contributed by atoms with E-state index in [1.54, 1.807) is 21.3 Å². The minimum absolute atomic E-state index is 0.0659. The molecule has 1 fully saturated rings. The molecule has 2 N–H and O–H groups in total. The fourth-order valence-electron chi connectivity index (χ4n) is 5.49. The van der Waals surface area contributed by atoms with Gasteiger partial charge in [0.2, 0.25) is 0 Å². The van der Waals surface area contributed by atoms with Gasteiger partial charge in [0.25, 0.3) is 10.1 Å². The van der Waals surface area contributed by atoms with Gasteiger partial charge < -0.3 is 38.3 Å². The highest BCUT2D eigenvalue weighted by atomic mass is 32.2. The average molecular weight is 661 g/mol. The molecule has 0 bridgehead atoms. The van der Waals surface area contributed by atoms with Crippen LogP contribution >= 0.6 is 0 Å². The summed E-state index contributed by atoms with van der Waals surface area (Å²) < 4.78 is 76.1. The molecular formula is C34H44O11S. The van der Waals surface area contributed by atoms with Crippen LogP contribution in [0.4, 0.5) is 0 Å². The fourth-order valence-corrected chi connectivity index (χ4v) is 6.36. The second-order valence-electron chi connectivity index (χ2n) is 11.1. The van der Waals surface area contributed by atoms with Crippen LogP contribution in [0.5, 0.6) is 17.2 Å². The van der Waals surface area contributed by atoms with Crippen molar-refractivity contribution in [3.05, 3.63) is 89.5 Å². The highest BCUT2D eigenvalue weighted by molar-refractivity contribution is 7.85. The molecule has 0 aromatic heterocycles. The molecule has 0 heterocycles. The molecule has 1 aliphatic carbocycles. The lowest BCUT2D eigenvalue weighted by Gasteiger charge is -2.46. The van der Waals surface area contributed by atoms with Crippen LogP contribution in [0.2, 0.25) is 0 Å². The molecular weight excluding hydrogens is 616 g/mol. The Morgan fingerprint density at radius 1 is 0.630 bits per heavy atom. The van der Waals surface area contributed by atoms with Gasteiger partial charge in [-0.2, -0.15) is 8.42 Å². The molecule has 252 valence electrons. The second-order valence-corrected chi connectivity index (χ2v) is 12.6. The maximum Gasteiger partial charge on any atom is 0.265 e. The van der Waals surface area contributed by atoms with Crippen LogP contribution in [0.25, 0.3) is 0 Å². The summed E-state index contributed by atoms with van der Waals surface area (Å²) in [4.78, 5) is 0. The van der Waals surface area contributed by atoms with Crippen molar-refractivity contribution >= 4 is 10.1 Å². The van der Waals surface area contributed by atoms with Gasteiger partial charge in [-0.25, -0.2) is 0 Å². The number of benzene rings is 3. The zero-order valence-electron chi connectivity index (χ0n) is 26.4. The predicted molar refractivity (Wildman–Crippen MR) is 171 cm³/mol. The van der Waals surface area contributed by atoms with Crippen LogP contribution in [-0.4, -0.2) is 82.8 Å². The van der Waals surface area contributed by atoms with Crippen LogP contribution in [0, 0.1) is 5.92 Å². The summed E-state index contributed by atoms with van der Waals surface area (Å²) in [5.74, 6) is 0.879. The van der Waals surface area contributed by atoms with Crippen molar-refractivity contribution < 1.29 is 51.2 Å². The van der Waals surface area contributed by atoms with Crippen LogP contribution in [0.15, 0.2) is 72.8 Å². The van der Waals surface area contributed by atoms with E-state index >= 15 is 0 Å². The maximum absolute atomic E-state index is 12.3. The maximum atomic E-state index is 12.3. The first-order valence-corrected chi connectivity index (χ1v) is 16.7. The highest BCUT2D eigenvalue weighted by Gasteiger charge is 2.49. The van der Waals surface area contributed by atoms with Gasteiger partial charge in [0.15, 0.2) is 0 Å². The van der Waals surface area contributed by atoms with E-state index in [2.05, 4.69) is 0 Å². The van der Waals surface area contributed by atoms with Gasteiger partial charge in [-0.1, -0.05) is 36.4 Å². The zero-order valence-corrected chi connectivity index (χ0v) is 27.3. The van der Waals surface area contributed by atoms with Gasteiger partial charge in [0, 0.05) is 19.1 Å². The molecule has 46 heavy (non-hydrogen) atoms. The lowest BCUT2D eigenvalue weighted by Crippen LogP contribution is -2.58. The number of aliphatic hydroxyl groups is 1. The molecule has 3 aromatic carbocycles. The summed E-state index contributed by atoms with van der Waals surface area (Å²) in [6.07, 6.45) is -2.27. The van der Waals surface area contributed by atoms with Crippen LogP contribution in [0.3, 0.4) is 0 Å². The topological polar surface area (TPSA) is 139 Å². The predicted octanol–water partition coefficient (Wildman–Crippen LogP) is 4.44. The van der Waals surface area contributed by atoms with Gasteiger partial charge >= 0.3 is 0 Å². The molecule has 0 spiro atoms. The number of hydrogen-bond donors (Lipinski definition) is 2. The lowest BCUT2D eigenvalue weighted by atomic mass is 9.81. The molecule has 5 atom stereocenters. The number of rotatable bonds is 18. The summed E-state index contributed by atoms with van der Waals surface area (Å²) in [6.45, 7) is 0.695. The summed E-state index contributed by atoms with van der Waals surface area (Å²) in [6, 6.07) is 22.3. The largest absolute Gasteiger partial charge is 0.497 e. The van der Waals surface area contributed by atoms with Crippen LogP contribution in [-0.2, 0) is 48.9 Å². The Morgan fingerprint density at radius 2 is 1.04 bits per heavy atom. The van der Waals surface area contributed by atoms with Crippen molar-refractivity contribution in [1.82, 2.24) is 0 Å². The van der Waals surface area contributed by atoms with E-state index in [1.165, 1.54) is 0 Å². The normalized spacial score (nSPS) is 21.5. The first kappa shape index (κ1) is 35.6. The van der Waals surface area contributed by atoms with Gasteiger partial charge in [-0.05, 0) is 65.9 Å². The van der Waals surface area contributed by atoms with Crippen molar-refractivity contribution in [3.8, 4) is 17.2 Å². The molecule has 0 amide bonds. The van der Waals surface area contributed by atoms with Crippen molar-refractivity contribution in [1.29, 1.82) is 0 Å². The Labute approximate surface area is 271 Å². The molecule has 1 saturated carbocycles. The molecule has 0 aliphatic heterocycles. The first-order chi connectivity index (χ1) is 22.2. The molecule has 4 rings (SSSR count). The number of hydrogen-bond acceptors (Lipinski definition) is 10. The lowest BCUT2D eigenvalue weighted by molar-refractivity contribution is -0.225. The Balaban J connectivity index is 1.67. The van der Waals surface area contributed by atoms with E-state index in [9.17, 15) is 18.1 Å². The smallest absolute Gasteiger partial charge is 0.265 e. The average Bonchev–Trinajstić information content (AvgIpc) is 3.06. The van der Waals surface area contributed by atoms with Crippen molar-refractivity contribution in [3.63, 3.8) is 0 Å². The third-order valence-electron chi connectivity index (χ3n) is 7.88. The van der Waals surface area contributed by atoms with Crippen molar-refractivity contribution in [2.75, 3.05) is 40.3 Å². The number of methoxy groups -OCH3 is 3. The Morgan fingerprint density at radius 3 is 1.43 bits per heavy atom. The van der Waals surface area contributed by atoms with E-state index < -0.39 is 46.2 Å². The summed E-state index contributed by atoms with van der Waals surface area (Å²) in [5, 5.41) is 9.42. The molecule has 11 nitrogen and oxygen atoms in total. The van der Waals surface area contributed by atoms with Gasteiger partial charge in [-0.3, -0.25) is 4.55 Å². The zero-order chi connectivity index (χ0) is 32.9. The Hall–Kier alpha value is -3.23. The third kappa shape index (κ3) is 10.7. The minimum Gasteiger partial charge on any atom is -0.497 e. The molecule has 0 radical (unpaired) electrons. The molecule has 0 unspecified atom stereocenters. The molecule has 0 saturated heterocycles. The van der Waals surface area contributed by atoms with E-state index in [4.69, 9.17) is 33.2 Å². The number of ether oxygens (including phenoxy) is 7. The Kier molecular flexibility index (Phi) is 13.6. The molecule has 1 aliphatic rings. The molecule has 3 aromatic rings. The van der Waals surface area contributed by atoms with Crippen LogP contribution in [0.1, 0.15) is 29.5 Å². The molecule has 12 heteroatoms. The van der Waals surface area contributed by atoms with E-state index in [-0.39, 0.29) is 39.5 Å². The van der Waals surface area contributed by atoms with Gasteiger partial charge in [0.1, 0.15) is 29.5 Å². The SMILES string of the molecule is COc1ccc(CO[C@H]2[C@H](OCc3ccc(OC)cc3)[C@@H](CS(=O)(=O)O)C[C@@H](OCCCO)[C@@H]2OCc2ccc(OC)cc2)cc1. The number of aliphatic hydroxyl groups excluding tert-OH is 1. The van der Waals surface area contributed by atoms with E-state index in [0.29, 0.717) is 23.7 Å². The van der Waals surface area contributed by atoms with E-state index in [1.807, 2.05) is 72.8 Å². The highest BCUT2D eigenvalue weighted by Crippen LogP contribution is 2.36. The monoisotopic (exact) mass is 660 g/mol. The fraction of sp³-hybridized carbons (Fsp3) is 0.471. The van der Waals surface area contributed by atoms with Gasteiger partial charge in [-0.15, -0.1) is 0 Å². The van der Waals surface area contributed by atoms with Gasteiger partial charge in [0.05, 0.1) is 59.1 Å². The third-order valence-corrected chi connectivity index (χ3v) is 8.73. The van der Waals surface area contributed by atoms with Crippen LogP contribution < -0.4 is 14.2 Å². The second kappa shape index (κ2) is 17.6. The van der Waals surface area contributed by atoms with Crippen molar-refractivity contribution in [2.24, 2.45) is 5.92 Å². The summed E-state index contributed by atoms with van der Waals surface area (Å²) in [5.41, 5.74) is 2.59. The minimum atomic E-state index is -4.39. The summed E-state index contributed by atoms with van der Waals surface area (Å²) >= 11 is 0. The first-order valence-electron chi connectivity index (χ1n) is 15.1. The quantitative estimate of drug-likeness (QED) is 0.148. The van der Waals surface area contributed by atoms with Crippen molar-refractivity contribution in [2.45, 2.75) is 57.1 Å². The standard InChI is InChI=1S/C34H44O11S/c1-39-28-11-5-24(6-12-28)20-43-32-27(23-46(36,37)38)19-31(42-18-4-17-35)33(44-21-25-7-13-29(40-2)14-8-25)34(32)45-22-26-9-15-30(41-3)16-10-26/h5-16,27,31-35H,4,17-23H2,1-3H3,(H,36,37,38)/t27-,31-,32-,33+,34+/m1/s1. The summed E-state index contributed by atoms with van der Waals surface area (Å²) in [7, 11) is 0.389. The van der Waals surface area contributed by atoms with E-state index in [0.717, 1.165) is 16.7 Å².